The molecule has 2 aromatic rings. The predicted octanol–water partition coefficient (Wildman–Crippen LogP) is 4.05. The van der Waals surface area contributed by atoms with E-state index in [-0.39, 0.29) is 0 Å². The second-order valence-corrected chi connectivity index (χ2v) is 5.21. The van der Waals surface area contributed by atoms with Gasteiger partial charge in [0, 0.05) is 18.6 Å². The molecular weight excluding hydrogens is 272 g/mol. The fourth-order valence-electron chi connectivity index (χ4n) is 2.53. The molecule has 1 aliphatic rings. The van der Waals surface area contributed by atoms with E-state index in [0.29, 0.717) is 5.88 Å². The van der Waals surface area contributed by atoms with E-state index in [1.165, 1.54) is 0 Å². The zero-order chi connectivity index (χ0) is 13.9. The molecule has 1 aromatic carbocycles. The number of hydrogen-bond acceptors (Lipinski definition) is 3. The van der Waals surface area contributed by atoms with Crippen LogP contribution in [-0.4, -0.2) is 18.1 Å². The van der Waals surface area contributed by atoms with Gasteiger partial charge in [0.15, 0.2) is 0 Å². The summed E-state index contributed by atoms with van der Waals surface area (Å²) in [6.45, 7) is 3.73. The van der Waals surface area contributed by atoms with Gasteiger partial charge in [-0.25, -0.2) is 4.98 Å². The van der Waals surface area contributed by atoms with Crippen molar-refractivity contribution in [3.8, 4) is 5.75 Å². The first-order chi connectivity index (χ1) is 9.79. The minimum absolute atomic E-state index is 0.494. The quantitative estimate of drug-likeness (QED) is 0.780. The molecule has 0 bridgehead atoms. The van der Waals surface area contributed by atoms with Gasteiger partial charge in [-0.15, -0.1) is 11.6 Å². The van der Waals surface area contributed by atoms with Crippen molar-refractivity contribution >= 4 is 23.1 Å². The highest BCUT2D eigenvalue weighted by molar-refractivity contribution is 6.17. The number of hydrogen-bond donors (Lipinski definition) is 0. The van der Waals surface area contributed by atoms with Crippen LogP contribution in [0.25, 0.3) is 0 Å². The summed E-state index contributed by atoms with van der Waals surface area (Å²) >= 11 is 5.87. The highest BCUT2D eigenvalue weighted by Gasteiger charge is 2.19. The number of aromatic nitrogens is 1. The van der Waals surface area contributed by atoms with Crippen LogP contribution in [-0.2, 0) is 5.88 Å². The van der Waals surface area contributed by atoms with Crippen molar-refractivity contribution in [3.63, 3.8) is 0 Å². The molecule has 0 saturated carbocycles. The summed E-state index contributed by atoms with van der Waals surface area (Å²) < 4.78 is 5.79. The largest absolute Gasteiger partial charge is 0.491 e. The Morgan fingerprint density at radius 1 is 1.35 bits per heavy atom. The second-order valence-electron chi connectivity index (χ2n) is 4.94. The molecule has 1 aliphatic heterocycles. The summed E-state index contributed by atoms with van der Waals surface area (Å²) in [4.78, 5) is 6.83. The smallest absolute Gasteiger partial charge is 0.142 e. The van der Waals surface area contributed by atoms with E-state index in [1.54, 1.807) is 0 Å². The van der Waals surface area contributed by atoms with Crippen molar-refractivity contribution in [1.82, 2.24) is 4.98 Å². The summed E-state index contributed by atoms with van der Waals surface area (Å²) in [6, 6.07) is 10.2. The number of aryl methyl sites for hydroxylation is 1. The molecule has 0 saturated heterocycles. The van der Waals surface area contributed by atoms with Crippen molar-refractivity contribution in [1.29, 1.82) is 0 Å². The average Bonchev–Trinajstić information content (AvgIpc) is 2.69. The van der Waals surface area contributed by atoms with Crippen LogP contribution < -0.4 is 9.64 Å². The first-order valence-electron chi connectivity index (χ1n) is 6.80. The van der Waals surface area contributed by atoms with Crippen LogP contribution in [0, 0.1) is 6.92 Å². The van der Waals surface area contributed by atoms with Gasteiger partial charge in [0.1, 0.15) is 11.6 Å². The van der Waals surface area contributed by atoms with Gasteiger partial charge in [-0.1, -0.05) is 12.1 Å². The number of fused-ring (bicyclic) bond motifs is 1. The zero-order valence-electron chi connectivity index (χ0n) is 11.5. The first-order valence-corrected chi connectivity index (χ1v) is 7.34. The Morgan fingerprint density at radius 3 is 3.00 bits per heavy atom. The maximum Gasteiger partial charge on any atom is 0.142 e. The van der Waals surface area contributed by atoms with Gasteiger partial charge in [-0.05, 0) is 42.7 Å². The molecular formula is C16H17ClN2O. The number of nitrogens with zero attached hydrogens (tertiary/aromatic N) is 2. The van der Waals surface area contributed by atoms with Gasteiger partial charge < -0.3 is 9.64 Å². The Bertz CT molecular complexity index is 615. The van der Waals surface area contributed by atoms with Crippen molar-refractivity contribution in [2.45, 2.75) is 19.2 Å². The molecule has 20 heavy (non-hydrogen) atoms. The fraction of sp³-hybridized carbons (Fsp3) is 0.312. The third-order valence-corrected chi connectivity index (χ3v) is 3.77. The van der Waals surface area contributed by atoms with Gasteiger partial charge in [-0.3, -0.25) is 0 Å². The van der Waals surface area contributed by atoms with E-state index >= 15 is 0 Å². The molecule has 3 nitrogen and oxygen atoms in total. The SMILES string of the molecule is Cc1cc(CCl)cnc1N1CCCOc2ccccc21. The third-order valence-electron chi connectivity index (χ3n) is 3.46. The van der Waals surface area contributed by atoms with Crippen LogP contribution in [0.4, 0.5) is 11.5 Å². The van der Waals surface area contributed by atoms with Crippen LogP contribution in [0.5, 0.6) is 5.75 Å². The lowest BCUT2D eigenvalue weighted by Gasteiger charge is -2.24. The maximum atomic E-state index is 5.87. The number of anilines is 2. The normalized spacial score (nSPS) is 14.4. The van der Waals surface area contributed by atoms with Gasteiger partial charge in [0.2, 0.25) is 0 Å². The standard InChI is InChI=1S/C16H17ClN2O/c1-12-9-13(10-17)11-18-16(12)19-7-4-8-20-15-6-3-2-5-14(15)19/h2-3,5-6,9,11H,4,7-8,10H2,1H3. The molecule has 0 spiro atoms. The molecule has 0 fully saturated rings. The lowest BCUT2D eigenvalue weighted by molar-refractivity contribution is 0.322. The number of rotatable bonds is 2. The van der Waals surface area contributed by atoms with Crippen LogP contribution in [0.15, 0.2) is 36.5 Å². The topological polar surface area (TPSA) is 25.4 Å². The molecule has 1 aromatic heterocycles. The molecule has 0 radical (unpaired) electrons. The van der Waals surface area contributed by atoms with E-state index in [2.05, 4.69) is 28.9 Å². The van der Waals surface area contributed by atoms with Gasteiger partial charge >= 0.3 is 0 Å². The van der Waals surface area contributed by atoms with Crippen molar-refractivity contribution in [2.75, 3.05) is 18.1 Å². The summed E-state index contributed by atoms with van der Waals surface area (Å²) in [5, 5.41) is 0. The van der Waals surface area contributed by atoms with E-state index in [0.717, 1.165) is 48.0 Å². The lowest BCUT2D eigenvalue weighted by atomic mass is 10.2. The summed E-state index contributed by atoms with van der Waals surface area (Å²) in [5.41, 5.74) is 3.27. The first kappa shape index (κ1) is 13.3. The summed E-state index contributed by atoms with van der Waals surface area (Å²) in [5.74, 6) is 2.40. The molecule has 4 heteroatoms. The monoisotopic (exact) mass is 288 g/mol. The molecule has 3 rings (SSSR count). The fourth-order valence-corrected chi connectivity index (χ4v) is 2.68. The zero-order valence-corrected chi connectivity index (χ0v) is 12.2. The Kier molecular flexibility index (Phi) is 3.79. The number of pyridine rings is 1. The van der Waals surface area contributed by atoms with Crippen molar-refractivity contribution in [3.05, 3.63) is 47.7 Å². The molecule has 0 aliphatic carbocycles. The highest BCUT2D eigenvalue weighted by Crippen LogP contribution is 2.36. The number of benzene rings is 1. The van der Waals surface area contributed by atoms with Crippen LogP contribution in [0.3, 0.4) is 0 Å². The Hall–Kier alpha value is -1.74. The molecule has 0 unspecified atom stereocenters. The Labute approximate surface area is 124 Å². The highest BCUT2D eigenvalue weighted by atomic mass is 35.5. The van der Waals surface area contributed by atoms with Crippen molar-refractivity contribution < 1.29 is 4.74 Å². The van der Waals surface area contributed by atoms with Gasteiger partial charge in [-0.2, -0.15) is 0 Å². The maximum absolute atomic E-state index is 5.87. The molecule has 0 amide bonds. The van der Waals surface area contributed by atoms with E-state index in [4.69, 9.17) is 16.3 Å². The number of halogens is 1. The Balaban J connectivity index is 2.05. The average molecular weight is 289 g/mol. The summed E-state index contributed by atoms with van der Waals surface area (Å²) in [6.07, 6.45) is 2.83. The number of ether oxygens (including phenoxy) is 1. The number of para-hydroxylation sites is 2. The molecule has 2 heterocycles. The van der Waals surface area contributed by atoms with Crippen molar-refractivity contribution in [2.24, 2.45) is 0 Å². The molecule has 104 valence electrons. The minimum atomic E-state index is 0.494. The number of alkyl halides is 1. The van der Waals surface area contributed by atoms with Crippen LogP contribution in [0.1, 0.15) is 17.5 Å². The molecule has 0 atom stereocenters. The second kappa shape index (κ2) is 5.71. The lowest BCUT2D eigenvalue weighted by Crippen LogP contribution is -2.20. The van der Waals surface area contributed by atoms with E-state index in [1.807, 2.05) is 24.4 Å². The van der Waals surface area contributed by atoms with Gasteiger partial charge in [0.05, 0.1) is 12.3 Å². The Morgan fingerprint density at radius 2 is 2.20 bits per heavy atom. The van der Waals surface area contributed by atoms with Gasteiger partial charge in [0.25, 0.3) is 0 Å². The van der Waals surface area contributed by atoms with Crippen LogP contribution >= 0.6 is 11.6 Å². The van der Waals surface area contributed by atoms with E-state index < -0.39 is 0 Å². The predicted molar refractivity (Wildman–Crippen MR) is 82.1 cm³/mol. The van der Waals surface area contributed by atoms with Crippen LogP contribution in [0.2, 0.25) is 0 Å². The summed E-state index contributed by atoms with van der Waals surface area (Å²) in [7, 11) is 0. The van der Waals surface area contributed by atoms with E-state index in [9.17, 15) is 0 Å². The minimum Gasteiger partial charge on any atom is -0.491 e. The third kappa shape index (κ3) is 2.46. The molecule has 0 N–H and O–H groups in total.